The molecule has 0 aliphatic carbocycles. The van der Waals surface area contributed by atoms with E-state index in [0.29, 0.717) is 11.9 Å². The van der Waals surface area contributed by atoms with Crippen LogP contribution in [0.5, 0.6) is 0 Å². The summed E-state index contributed by atoms with van der Waals surface area (Å²) >= 11 is 0. The van der Waals surface area contributed by atoms with Crippen molar-refractivity contribution in [1.29, 1.82) is 0 Å². The molecule has 4 nitrogen and oxygen atoms in total. The zero-order chi connectivity index (χ0) is 17.7. The van der Waals surface area contributed by atoms with Gasteiger partial charge in [0.05, 0.1) is 5.56 Å². The summed E-state index contributed by atoms with van der Waals surface area (Å²) in [4.78, 5) is 6.05. The van der Waals surface area contributed by atoms with Crippen LogP contribution in [-0.4, -0.2) is 43.9 Å². The summed E-state index contributed by atoms with van der Waals surface area (Å²) in [5.74, 6) is 1.36. The Morgan fingerprint density at radius 1 is 1.20 bits per heavy atom. The van der Waals surface area contributed by atoms with E-state index in [-0.39, 0.29) is 0 Å². The van der Waals surface area contributed by atoms with E-state index in [9.17, 15) is 13.2 Å². The summed E-state index contributed by atoms with van der Waals surface area (Å²) in [6.45, 7) is 4.51. The molecule has 2 aliphatic heterocycles. The molecule has 140 valence electrons. The normalized spacial score (nSPS) is 22.5. The number of alkyl halides is 3. The minimum Gasteiger partial charge on any atom is -0.381 e. The van der Waals surface area contributed by atoms with Crippen molar-refractivity contribution in [3.05, 3.63) is 23.9 Å². The second-order valence-corrected chi connectivity index (χ2v) is 6.99. The summed E-state index contributed by atoms with van der Waals surface area (Å²) < 4.78 is 43.2. The van der Waals surface area contributed by atoms with Crippen molar-refractivity contribution in [3.8, 4) is 0 Å². The molecule has 0 bridgehead atoms. The number of hydrogen-bond acceptors (Lipinski definition) is 4. The third-order valence-corrected chi connectivity index (χ3v) is 5.14. The maximum absolute atomic E-state index is 12.6. The van der Waals surface area contributed by atoms with Crippen LogP contribution in [0.1, 0.15) is 37.7 Å². The molecular formula is C18H26F3N3O. The lowest BCUT2D eigenvalue weighted by molar-refractivity contribution is -0.137. The van der Waals surface area contributed by atoms with Gasteiger partial charge >= 0.3 is 6.18 Å². The maximum atomic E-state index is 12.6. The molecule has 3 heterocycles. The Balaban J connectivity index is 1.36. The van der Waals surface area contributed by atoms with Gasteiger partial charge in [0.25, 0.3) is 0 Å². The van der Waals surface area contributed by atoms with Crippen molar-refractivity contribution in [3.63, 3.8) is 0 Å². The van der Waals surface area contributed by atoms with Crippen molar-refractivity contribution >= 4 is 5.82 Å². The average molecular weight is 357 g/mol. The summed E-state index contributed by atoms with van der Waals surface area (Å²) in [6, 6.07) is 3.07. The molecule has 1 aromatic rings. The van der Waals surface area contributed by atoms with Crippen LogP contribution in [0, 0.1) is 5.92 Å². The maximum Gasteiger partial charge on any atom is 0.417 e. The van der Waals surface area contributed by atoms with Gasteiger partial charge in [-0.15, -0.1) is 0 Å². The predicted molar refractivity (Wildman–Crippen MR) is 90.6 cm³/mol. The van der Waals surface area contributed by atoms with Crippen LogP contribution in [0.25, 0.3) is 0 Å². The molecule has 2 aliphatic rings. The van der Waals surface area contributed by atoms with Gasteiger partial charge in [0.1, 0.15) is 5.82 Å². The van der Waals surface area contributed by atoms with E-state index >= 15 is 0 Å². The number of pyridine rings is 1. The van der Waals surface area contributed by atoms with Crippen LogP contribution < -0.4 is 10.2 Å². The number of aromatic nitrogens is 1. The van der Waals surface area contributed by atoms with E-state index in [1.807, 2.05) is 0 Å². The summed E-state index contributed by atoms with van der Waals surface area (Å²) in [5, 5.41) is 3.61. The average Bonchev–Trinajstić information content (AvgIpc) is 3.12. The first-order chi connectivity index (χ1) is 12.0. The molecule has 3 rings (SSSR count). The summed E-state index contributed by atoms with van der Waals surface area (Å²) in [6.07, 6.45) is 2.18. The second-order valence-electron chi connectivity index (χ2n) is 6.99. The van der Waals surface area contributed by atoms with Gasteiger partial charge < -0.3 is 15.0 Å². The Kier molecular flexibility index (Phi) is 6.17. The van der Waals surface area contributed by atoms with Gasteiger partial charge in [-0.2, -0.15) is 13.2 Å². The van der Waals surface area contributed by atoms with E-state index in [2.05, 4.69) is 15.2 Å². The van der Waals surface area contributed by atoms with Crippen LogP contribution in [0.3, 0.4) is 0 Å². The van der Waals surface area contributed by atoms with Crippen molar-refractivity contribution < 1.29 is 17.9 Å². The van der Waals surface area contributed by atoms with E-state index in [1.165, 1.54) is 25.3 Å². The van der Waals surface area contributed by atoms with Crippen LogP contribution in [0.4, 0.5) is 19.0 Å². The van der Waals surface area contributed by atoms with Gasteiger partial charge in [0.15, 0.2) is 0 Å². The first kappa shape index (κ1) is 18.5. The van der Waals surface area contributed by atoms with Gasteiger partial charge in [-0.25, -0.2) is 4.98 Å². The second kappa shape index (κ2) is 8.36. The highest BCUT2D eigenvalue weighted by atomic mass is 19.4. The van der Waals surface area contributed by atoms with Gasteiger partial charge in [-0.1, -0.05) is 0 Å². The summed E-state index contributed by atoms with van der Waals surface area (Å²) in [5.41, 5.74) is -0.694. The fourth-order valence-corrected chi connectivity index (χ4v) is 3.56. The largest absolute Gasteiger partial charge is 0.417 e. The van der Waals surface area contributed by atoms with Gasteiger partial charge in [0, 0.05) is 38.5 Å². The SMILES string of the molecule is FC(F)(F)c1ccc(N2CCC(NCCCC3CCOC3)CC2)nc1. The van der Waals surface area contributed by atoms with Crippen LogP contribution >= 0.6 is 0 Å². The number of ether oxygens (including phenoxy) is 1. The molecule has 1 aromatic heterocycles. The molecule has 0 saturated carbocycles. The van der Waals surface area contributed by atoms with Crippen molar-refractivity contribution in [2.45, 2.75) is 44.3 Å². The Morgan fingerprint density at radius 2 is 2.00 bits per heavy atom. The molecule has 1 atom stereocenters. The third-order valence-electron chi connectivity index (χ3n) is 5.14. The number of hydrogen-bond donors (Lipinski definition) is 1. The van der Waals surface area contributed by atoms with Gasteiger partial charge in [0.2, 0.25) is 0 Å². The third kappa shape index (κ3) is 5.31. The van der Waals surface area contributed by atoms with Gasteiger partial charge in [-0.3, -0.25) is 0 Å². The zero-order valence-corrected chi connectivity index (χ0v) is 14.4. The first-order valence-electron chi connectivity index (χ1n) is 9.11. The minimum atomic E-state index is -4.33. The fraction of sp³-hybridized carbons (Fsp3) is 0.722. The highest BCUT2D eigenvalue weighted by Gasteiger charge is 2.31. The zero-order valence-electron chi connectivity index (χ0n) is 14.4. The molecule has 25 heavy (non-hydrogen) atoms. The van der Waals surface area contributed by atoms with E-state index in [4.69, 9.17) is 4.74 Å². The predicted octanol–water partition coefficient (Wildman–Crippen LogP) is 3.48. The lowest BCUT2D eigenvalue weighted by Crippen LogP contribution is -2.43. The molecule has 1 unspecified atom stereocenters. The molecule has 0 spiro atoms. The molecular weight excluding hydrogens is 331 g/mol. The van der Waals surface area contributed by atoms with E-state index < -0.39 is 11.7 Å². The lowest BCUT2D eigenvalue weighted by atomic mass is 10.0. The van der Waals surface area contributed by atoms with Gasteiger partial charge in [-0.05, 0) is 56.7 Å². The molecule has 0 aromatic carbocycles. The Morgan fingerprint density at radius 3 is 2.60 bits per heavy atom. The quantitative estimate of drug-likeness (QED) is 0.791. The molecule has 0 radical (unpaired) electrons. The minimum absolute atomic E-state index is 0.491. The van der Waals surface area contributed by atoms with E-state index in [0.717, 1.165) is 63.9 Å². The van der Waals surface area contributed by atoms with Crippen LogP contribution in [0.2, 0.25) is 0 Å². The number of anilines is 1. The number of nitrogens with one attached hydrogen (secondary N) is 1. The Bertz CT molecular complexity index is 521. The van der Waals surface area contributed by atoms with Crippen LogP contribution in [-0.2, 0) is 10.9 Å². The highest BCUT2D eigenvalue weighted by molar-refractivity contribution is 5.40. The highest BCUT2D eigenvalue weighted by Crippen LogP contribution is 2.29. The number of rotatable bonds is 6. The molecule has 1 N–H and O–H groups in total. The number of halogens is 3. The molecule has 0 amide bonds. The smallest absolute Gasteiger partial charge is 0.381 e. The lowest BCUT2D eigenvalue weighted by Gasteiger charge is -2.33. The van der Waals surface area contributed by atoms with Crippen molar-refractivity contribution in [2.75, 3.05) is 37.7 Å². The van der Waals surface area contributed by atoms with Crippen molar-refractivity contribution in [1.82, 2.24) is 10.3 Å². The standard InChI is InChI=1S/C18H26F3N3O/c19-18(20,21)15-3-4-17(23-12-15)24-9-5-16(6-10-24)22-8-1-2-14-7-11-25-13-14/h3-4,12,14,16,22H,1-2,5-11,13H2. The molecule has 2 fully saturated rings. The Labute approximate surface area is 146 Å². The Hall–Kier alpha value is -1.34. The first-order valence-corrected chi connectivity index (χ1v) is 9.11. The topological polar surface area (TPSA) is 37.4 Å². The van der Waals surface area contributed by atoms with Crippen molar-refractivity contribution in [2.24, 2.45) is 5.92 Å². The monoisotopic (exact) mass is 357 g/mol. The summed E-state index contributed by atoms with van der Waals surface area (Å²) in [7, 11) is 0. The fourth-order valence-electron chi connectivity index (χ4n) is 3.56. The number of piperidine rings is 1. The molecule has 7 heteroatoms. The van der Waals surface area contributed by atoms with E-state index in [1.54, 1.807) is 0 Å². The number of nitrogens with zero attached hydrogens (tertiary/aromatic N) is 2. The molecule has 2 saturated heterocycles. The van der Waals surface area contributed by atoms with Crippen LogP contribution in [0.15, 0.2) is 18.3 Å².